The number of quaternary nitrogens is 1. The molecule has 0 radical (unpaired) electrons. The van der Waals surface area contributed by atoms with E-state index in [1.54, 1.807) is 24.1 Å². The van der Waals surface area contributed by atoms with E-state index in [0.29, 0.717) is 54.3 Å². The summed E-state index contributed by atoms with van der Waals surface area (Å²) in [5, 5.41) is 0.650. The number of carbonyl (C=O) groups excluding carboxylic acids is 1. The molecule has 3 aromatic rings. The largest absolute Gasteiger partial charge is 0.497 e. The van der Waals surface area contributed by atoms with Crippen LogP contribution in [0.15, 0.2) is 30.3 Å². The number of thiazole rings is 1. The number of rotatable bonds is 13. The normalized spacial score (nSPS) is 11.1. The highest BCUT2D eigenvalue weighted by Gasteiger charge is 2.25. The van der Waals surface area contributed by atoms with Crippen molar-refractivity contribution < 1.29 is 28.6 Å². The van der Waals surface area contributed by atoms with E-state index in [1.807, 2.05) is 39.0 Å². The number of hydrogen-bond acceptors (Lipinski definition) is 7. The van der Waals surface area contributed by atoms with Crippen molar-refractivity contribution in [1.29, 1.82) is 0 Å². The zero-order valence-corrected chi connectivity index (χ0v) is 22.3. The molecule has 1 aromatic heterocycles. The van der Waals surface area contributed by atoms with Crippen LogP contribution in [0.25, 0.3) is 10.2 Å². The van der Waals surface area contributed by atoms with Gasteiger partial charge in [-0.1, -0.05) is 11.3 Å². The molecule has 1 heterocycles. The molecular formula is C26H36N3O5S+. The van der Waals surface area contributed by atoms with Crippen molar-refractivity contribution in [3.8, 4) is 23.0 Å². The number of hydrogen-bond donors (Lipinski definition) is 1. The number of aromatic nitrogens is 1. The molecule has 0 saturated carbocycles. The number of methoxy groups -OCH3 is 1. The highest BCUT2D eigenvalue weighted by Crippen LogP contribution is 2.40. The van der Waals surface area contributed by atoms with E-state index in [2.05, 4.69) is 14.1 Å². The van der Waals surface area contributed by atoms with Crippen molar-refractivity contribution in [2.45, 2.75) is 27.2 Å². The first-order chi connectivity index (χ1) is 16.9. The number of anilines is 1. The van der Waals surface area contributed by atoms with Crippen molar-refractivity contribution in [2.24, 2.45) is 0 Å². The first-order valence-electron chi connectivity index (χ1n) is 12.0. The third-order valence-corrected chi connectivity index (χ3v) is 6.33. The second-order valence-electron chi connectivity index (χ2n) is 8.20. The Morgan fingerprint density at radius 3 is 2.23 bits per heavy atom. The summed E-state index contributed by atoms with van der Waals surface area (Å²) in [5.74, 6) is 2.08. The van der Waals surface area contributed by atoms with Gasteiger partial charge in [-0.05, 0) is 45.0 Å². The van der Waals surface area contributed by atoms with Gasteiger partial charge in [-0.15, -0.1) is 0 Å². The van der Waals surface area contributed by atoms with Gasteiger partial charge in [-0.25, -0.2) is 4.98 Å². The summed E-state index contributed by atoms with van der Waals surface area (Å²) in [7, 11) is 5.84. The fourth-order valence-corrected chi connectivity index (χ4v) is 4.65. The van der Waals surface area contributed by atoms with Crippen LogP contribution in [0.2, 0.25) is 0 Å². The van der Waals surface area contributed by atoms with E-state index in [-0.39, 0.29) is 5.91 Å². The molecule has 9 heteroatoms. The Morgan fingerprint density at radius 2 is 1.66 bits per heavy atom. The van der Waals surface area contributed by atoms with Gasteiger partial charge in [0, 0.05) is 24.6 Å². The molecule has 1 amide bonds. The van der Waals surface area contributed by atoms with Gasteiger partial charge in [0.1, 0.15) is 5.75 Å². The number of nitrogens with zero attached hydrogens (tertiary/aromatic N) is 2. The quantitative estimate of drug-likeness (QED) is 0.384. The lowest BCUT2D eigenvalue weighted by molar-refractivity contribution is -0.858. The van der Waals surface area contributed by atoms with Crippen LogP contribution in [0.3, 0.4) is 0 Å². The van der Waals surface area contributed by atoms with Gasteiger partial charge in [0.25, 0.3) is 5.91 Å². The lowest BCUT2D eigenvalue weighted by Crippen LogP contribution is -3.05. The third-order valence-electron chi connectivity index (χ3n) is 5.27. The molecule has 2 aromatic carbocycles. The highest BCUT2D eigenvalue weighted by molar-refractivity contribution is 7.22. The second kappa shape index (κ2) is 12.6. The van der Waals surface area contributed by atoms with Crippen LogP contribution >= 0.6 is 11.3 Å². The zero-order chi connectivity index (χ0) is 25.4. The smallest absolute Gasteiger partial charge is 0.260 e. The minimum absolute atomic E-state index is 0.158. The Bertz CT molecular complexity index is 1100. The van der Waals surface area contributed by atoms with Gasteiger partial charge in [-0.2, -0.15) is 0 Å². The van der Waals surface area contributed by atoms with E-state index >= 15 is 0 Å². The Hall–Kier alpha value is -3.04. The van der Waals surface area contributed by atoms with Gasteiger partial charge in [0.2, 0.25) is 5.75 Å². The maximum Gasteiger partial charge on any atom is 0.260 e. The number of fused-ring (bicyclic) bond motifs is 1. The summed E-state index contributed by atoms with van der Waals surface area (Å²) in [6.07, 6.45) is 0.834. The molecule has 0 aliphatic heterocycles. The van der Waals surface area contributed by atoms with Crippen LogP contribution in [-0.4, -0.2) is 65.0 Å². The SMILES string of the molecule is CCOc1cc(C(=O)N(CCC[NH+](C)C)c2nc3cc(OC)ccc3s2)cc(OCC)c1OCC. The van der Waals surface area contributed by atoms with Crippen molar-refractivity contribution in [3.63, 3.8) is 0 Å². The van der Waals surface area contributed by atoms with E-state index < -0.39 is 0 Å². The maximum absolute atomic E-state index is 13.9. The monoisotopic (exact) mass is 502 g/mol. The summed E-state index contributed by atoms with van der Waals surface area (Å²) >= 11 is 1.49. The standard InChI is InChI=1S/C26H35N3O5S/c1-7-32-21-15-18(16-22(33-8-2)24(21)34-9-3)25(30)29(14-10-13-28(4)5)26-27-20-17-19(31-6)11-12-23(20)35-26/h11-12,15-17H,7-10,13-14H2,1-6H3/p+1. The molecule has 0 aliphatic carbocycles. The average Bonchev–Trinajstić information content (AvgIpc) is 3.26. The Morgan fingerprint density at radius 1 is 1.00 bits per heavy atom. The first-order valence-corrected chi connectivity index (χ1v) is 12.8. The minimum Gasteiger partial charge on any atom is -0.497 e. The van der Waals surface area contributed by atoms with E-state index in [0.717, 1.165) is 28.9 Å². The molecule has 3 rings (SSSR count). The van der Waals surface area contributed by atoms with Crippen LogP contribution in [0.1, 0.15) is 37.6 Å². The first kappa shape index (κ1) is 26.6. The predicted molar refractivity (Wildman–Crippen MR) is 140 cm³/mol. The van der Waals surface area contributed by atoms with E-state index in [1.165, 1.54) is 16.2 Å². The lowest BCUT2D eigenvalue weighted by atomic mass is 10.1. The highest BCUT2D eigenvalue weighted by atomic mass is 32.1. The molecule has 0 atom stereocenters. The molecule has 0 fully saturated rings. The molecule has 1 N–H and O–H groups in total. The molecule has 8 nitrogen and oxygen atoms in total. The summed E-state index contributed by atoms with van der Waals surface area (Å²) in [4.78, 5) is 21.8. The van der Waals surface area contributed by atoms with Crippen molar-refractivity contribution in [3.05, 3.63) is 35.9 Å². The Labute approximate surface area is 211 Å². The summed E-state index contributed by atoms with van der Waals surface area (Å²) in [5.41, 5.74) is 1.27. The minimum atomic E-state index is -0.158. The predicted octanol–water partition coefficient (Wildman–Crippen LogP) is 3.68. The molecule has 0 saturated heterocycles. The van der Waals surface area contributed by atoms with Gasteiger partial charge in [0.05, 0.1) is 57.8 Å². The maximum atomic E-state index is 13.9. The molecule has 190 valence electrons. The zero-order valence-electron chi connectivity index (χ0n) is 21.5. The third kappa shape index (κ3) is 6.55. The van der Waals surface area contributed by atoms with Crippen LogP contribution < -0.4 is 28.7 Å². The number of ether oxygens (including phenoxy) is 4. The second-order valence-corrected chi connectivity index (χ2v) is 9.21. The average molecular weight is 503 g/mol. The van der Waals surface area contributed by atoms with Crippen LogP contribution in [0.4, 0.5) is 5.13 Å². The lowest BCUT2D eigenvalue weighted by Gasteiger charge is -2.22. The summed E-state index contributed by atoms with van der Waals surface area (Å²) < 4.78 is 23.8. The van der Waals surface area contributed by atoms with Crippen molar-refractivity contribution in [2.75, 3.05) is 59.0 Å². The molecular weight excluding hydrogens is 466 g/mol. The molecule has 0 bridgehead atoms. The van der Waals surface area contributed by atoms with Crippen LogP contribution in [-0.2, 0) is 0 Å². The fraction of sp³-hybridized carbons (Fsp3) is 0.462. The van der Waals surface area contributed by atoms with Crippen molar-refractivity contribution >= 4 is 32.6 Å². The number of amides is 1. The Kier molecular flexibility index (Phi) is 9.56. The topological polar surface area (TPSA) is 74.6 Å². The van der Waals surface area contributed by atoms with Crippen LogP contribution in [0, 0.1) is 0 Å². The van der Waals surface area contributed by atoms with Gasteiger partial charge in [0.15, 0.2) is 16.6 Å². The molecule has 35 heavy (non-hydrogen) atoms. The number of carbonyl (C=O) groups is 1. The molecule has 0 unspecified atom stereocenters. The van der Waals surface area contributed by atoms with Gasteiger partial charge >= 0.3 is 0 Å². The molecule has 0 spiro atoms. The number of benzene rings is 2. The summed E-state index contributed by atoms with van der Waals surface area (Å²) in [6.45, 7) is 8.52. The van der Waals surface area contributed by atoms with Crippen molar-refractivity contribution in [1.82, 2.24) is 4.98 Å². The Balaban J connectivity index is 2.05. The summed E-state index contributed by atoms with van der Waals surface area (Å²) in [6, 6.07) is 9.24. The number of nitrogens with one attached hydrogen (secondary N) is 1. The fourth-order valence-electron chi connectivity index (χ4n) is 3.68. The van der Waals surface area contributed by atoms with E-state index in [9.17, 15) is 4.79 Å². The van der Waals surface area contributed by atoms with Gasteiger partial charge in [-0.3, -0.25) is 9.69 Å². The molecule has 0 aliphatic rings. The van der Waals surface area contributed by atoms with E-state index in [4.69, 9.17) is 23.9 Å². The van der Waals surface area contributed by atoms with Crippen LogP contribution in [0.5, 0.6) is 23.0 Å². The van der Waals surface area contributed by atoms with Gasteiger partial charge < -0.3 is 23.8 Å².